The molecule has 2 heterocycles. The van der Waals surface area contributed by atoms with Crippen LogP contribution in [0.15, 0.2) is 51.6 Å². The van der Waals surface area contributed by atoms with Gasteiger partial charge in [-0.05, 0) is 31.2 Å². The maximum Gasteiger partial charge on any atom is 0.127 e. The van der Waals surface area contributed by atoms with E-state index in [0.29, 0.717) is 5.82 Å². The van der Waals surface area contributed by atoms with E-state index >= 15 is 0 Å². The van der Waals surface area contributed by atoms with E-state index in [-0.39, 0.29) is 0 Å². The smallest absolute Gasteiger partial charge is 0.127 e. The standard InChI is InChI=1S/C14H12BrN3O/c1-9-12(5-6-19-9)13-8-14(16)18(17-13)11-4-2-3-10(15)7-11/h2-8H,16H2,1H3. The zero-order valence-electron chi connectivity index (χ0n) is 10.3. The Hall–Kier alpha value is -2.01. The predicted octanol–water partition coefficient (Wildman–Crippen LogP) is 3.79. The number of hydrogen-bond donors (Lipinski definition) is 1. The van der Waals surface area contributed by atoms with Gasteiger partial charge < -0.3 is 10.2 Å². The highest BCUT2D eigenvalue weighted by Crippen LogP contribution is 2.27. The molecular weight excluding hydrogens is 306 g/mol. The molecule has 0 saturated carbocycles. The Morgan fingerprint density at radius 3 is 2.79 bits per heavy atom. The van der Waals surface area contributed by atoms with Crippen molar-refractivity contribution in [1.82, 2.24) is 9.78 Å². The molecule has 0 atom stereocenters. The van der Waals surface area contributed by atoms with Crippen LogP contribution in [-0.2, 0) is 0 Å². The number of aryl methyl sites for hydroxylation is 1. The third-order valence-electron chi connectivity index (χ3n) is 2.92. The predicted molar refractivity (Wildman–Crippen MR) is 78.1 cm³/mol. The molecule has 4 nitrogen and oxygen atoms in total. The number of nitrogens with two attached hydrogens (primary N) is 1. The van der Waals surface area contributed by atoms with E-state index in [1.54, 1.807) is 10.9 Å². The van der Waals surface area contributed by atoms with Crippen LogP contribution in [-0.4, -0.2) is 9.78 Å². The van der Waals surface area contributed by atoms with Crippen molar-refractivity contribution in [3.8, 4) is 16.9 Å². The molecule has 3 aromatic rings. The third-order valence-corrected chi connectivity index (χ3v) is 3.42. The summed E-state index contributed by atoms with van der Waals surface area (Å²) in [5.74, 6) is 1.42. The summed E-state index contributed by atoms with van der Waals surface area (Å²) in [7, 11) is 0. The highest BCUT2D eigenvalue weighted by atomic mass is 79.9. The van der Waals surface area contributed by atoms with Gasteiger partial charge in [0.25, 0.3) is 0 Å². The zero-order valence-corrected chi connectivity index (χ0v) is 11.9. The number of rotatable bonds is 2. The maximum atomic E-state index is 6.03. The Kier molecular flexibility index (Phi) is 2.91. The summed E-state index contributed by atoms with van der Waals surface area (Å²) in [6.45, 7) is 1.91. The van der Waals surface area contributed by atoms with E-state index in [4.69, 9.17) is 10.2 Å². The van der Waals surface area contributed by atoms with Crippen LogP contribution < -0.4 is 5.73 Å². The van der Waals surface area contributed by atoms with Crippen LogP contribution in [0, 0.1) is 6.92 Å². The number of nitrogens with zero attached hydrogens (tertiary/aromatic N) is 2. The Morgan fingerprint density at radius 1 is 1.26 bits per heavy atom. The quantitative estimate of drug-likeness (QED) is 0.782. The monoisotopic (exact) mass is 317 g/mol. The number of hydrogen-bond acceptors (Lipinski definition) is 3. The number of halogens is 1. The molecule has 0 aliphatic carbocycles. The fourth-order valence-electron chi connectivity index (χ4n) is 1.99. The van der Waals surface area contributed by atoms with Crippen molar-refractivity contribution in [3.05, 3.63) is 52.9 Å². The molecule has 96 valence electrons. The molecule has 0 aliphatic rings. The number of nitrogen functional groups attached to an aromatic ring is 1. The number of aromatic nitrogens is 2. The minimum atomic E-state index is 0.591. The van der Waals surface area contributed by atoms with Crippen molar-refractivity contribution in [2.45, 2.75) is 6.92 Å². The van der Waals surface area contributed by atoms with Gasteiger partial charge in [0.1, 0.15) is 11.6 Å². The van der Waals surface area contributed by atoms with Crippen molar-refractivity contribution in [2.75, 3.05) is 5.73 Å². The largest absolute Gasteiger partial charge is 0.469 e. The van der Waals surface area contributed by atoms with E-state index in [2.05, 4.69) is 21.0 Å². The van der Waals surface area contributed by atoms with Crippen molar-refractivity contribution >= 4 is 21.7 Å². The molecule has 0 fully saturated rings. The highest BCUT2D eigenvalue weighted by Gasteiger charge is 2.12. The van der Waals surface area contributed by atoms with Gasteiger partial charge in [0.2, 0.25) is 0 Å². The molecule has 1 aromatic carbocycles. The summed E-state index contributed by atoms with van der Waals surface area (Å²) in [4.78, 5) is 0. The summed E-state index contributed by atoms with van der Waals surface area (Å²) >= 11 is 3.44. The van der Waals surface area contributed by atoms with Gasteiger partial charge in [0.05, 0.1) is 17.6 Å². The normalized spacial score (nSPS) is 10.8. The molecule has 3 rings (SSSR count). The summed E-state index contributed by atoms with van der Waals surface area (Å²) in [5.41, 5.74) is 8.72. The molecule has 0 saturated heterocycles. The van der Waals surface area contributed by atoms with E-state index in [1.807, 2.05) is 43.3 Å². The van der Waals surface area contributed by atoms with Crippen LogP contribution in [0.25, 0.3) is 16.9 Å². The Bertz CT molecular complexity index is 730. The first-order valence-electron chi connectivity index (χ1n) is 5.81. The average molecular weight is 318 g/mol. The summed E-state index contributed by atoms with van der Waals surface area (Å²) in [6.07, 6.45) is 1.65. The van der Waals surface area contributed by atoms with Crippen molar-refractivity contribution < 1.29 is 4.42 Å². The molecule has 2 aromatic heterocycles. The Balaban J connectivity index is 2.10. The van der Waals surface area contributed by atoms with Crippen molar-refractivity contribution in [3.63, 3.8) is 0 Å². The number of anilines is 1. The van der Waals surface area contributed by atoms with Gasteiger partial charge in [-0.2, -0.15) is 5.10 Å². The van der Waals surface area contributed by atoms with Crippen LogP contribution in [0.5, 0.6) is 0 Å². The molecule has 0 unspecified atom stereocenters. The van der Waals surface area contributed by atoms with Crippen molar-refractivity contribution in [1.29, 1.82) is 0 Å². The van der Waals surface area contributed by atoms with E-state index in [0.717, 1.165) is 27.2 Å². The third kappa shape index (κ3) is 2.17. The minimum Gasteiger partial charge on any atom is -0.469 e. The highest BCUT2D eigenvalue weighted by molar-refractivity contribution is 9.10. The number of furan rings is 1. The SMILES string of the molecule is Cc1occc1-c1cc(N)n(-c2cccc(Br)c2)n1. The fraction of sp³-hybridized carbons (Fsp3) is 0.0714. The summed E-state index contributed by atoms with van der Waals surface area (Å²) < 4.78 is 8.00. The number of benzene rings is 1. The first-order valence-corrected chi connectivity index (χ1v) is 6.60. The Morgan fingerprint density at radius 2 is 2.11 bits per heavy atom. The van der Waals surface area contributed by atoms with Gasteiger partial charge in [-0.15, -0.1) is 0 Å². The zero-order chi connectivity index (χ0) is 13.4. The lowest BCUT2D eigenvalue weighted by Gasteiger charge is -2.03. The summed E-state index contributed by atoms with van der Waals surface area (Å²) in [6, 6.07) is 11.6. The molecule has 2 N–H and O–H groups in total. The minimum absolute atomic E-state index is 0.591. The fourth-order valence-corrected chi connectivity index (χ4v) is 2.38. The molecule has 0 radical (unpaired) electrons. The van der Waals surface area contributed by atoms with E-state index in [1.165, 1.54) is 0 Å². The van der Waals surface area contributed by atoms with Gasteiger partial charge in [-0.1, -0.05) is 22.0 Å². The lowest BCUT2D eigenvalue weighted by molar-refractivity contribution is 0.535. The van der Waals surface area contributed by atoms with Crippen LogP contribution >= 0.6 is 15.9 Å². The average Bonchev–Trinajstić information content (AvgIpc) is 2.95. The maximum absolute atomic E-state index is 6.03. The molecular formula is C14H12BrN3O. The topological polar surface area (TPSA) is 57.0 Å². The van der Waals surface area contributed by atoms with Gasteiger partial charge in [-0.25, -0.2) is 4.68 Å². The molecule has 5 heteroatoms. The first kappa shape index (κ1) is 12.0. The van der Waals surface area contributed by atoms with Crippen molar-refractivity contribution in [2.24, 2.45) is 0 Å². The van der Waals surface area contributed by atoms with Gasteiger partial charge in [-0.3, -0.25) is 0 Å². The van der Waals surface area contributed by atoms with E-state index < -0.39 is 0 Å². The van der Waals surface area contributed by atoms with Crippen LogP contribution in [0.3, 0.4) is 0 Å². The van der Waals surface area contributed by atoms with E-state index in [9.17, 15) is 0 Å². The molecule has 0 aliphatic heterocycles. The lowest BCUT2D eigenvalue weighted by Crippen LogP contribution is -2.01. The molecule has 0 amide bonds. The van der Waals surface area contributed by atoms with Crippen LogP contribution in [0.1, 0.15) is 5.76 Å². The molecule has 19 heavy (non-hydrogen) atoms. The summed E-state index contributed by atoms with van der Waals surface area (Å²) in [5, 5.41) is 4.54. The van der Waals surface area contributed by atoms with Gasteiger partial charge in [0, 0.05) is 16.1 Å². The van der Waals surface area contributed by atoms with Gasteiger partial charge >= 0.3 is 0 Å². The Labute approximate surface area is 119 Å². The van der Waals surface area contributed by atoms with Crippen LogP contribution in [0.2, 0.25) is 0 Å². The lowest BCUT2D eigenvalue weighted by atomic mass is 10.2. The van der Waals surface area contributed by atoms with Gasteiger partial charge in [0.15, 0.2) is 0 Å². The first-order chi connectivity index (χ1) is 9.15. The molecule has 0 bridgehead atoms. The van der Waals surface area contributed by atoms with Crippen LogP contribution in [0.4, 0.5) is 5.82 Å². The second-order valence-electron chi connectivity index (χ2n) is 4.24. The second-order valence-corrected chi connectivity index (χ2v) is 5.15. The molecule has 0 spiro atoms. The second kappa shape index (κ2) is 4.59.